The fourth-order valence-corrected chi connectivity index (χ4v) is 2.06. The third-order valence-electron chi connectivity index (χ3n) is 1.54. The zero-order valence-electron chi connectivity index (χ0n) is 8.31. The summed E-state index contributed by atoms with van der Waals surface area (Å²) in [6.45, 7) is 0. The lowest BCUT2D eigenvalue weighted by atomic mass is 10.4. The fourth-order valence-electron chi connectivity index (χ4n) is 0.896. The molecule has 0 aliphatic heterocycles. The molecule has 1 N–H and O–H groups in total. The van der Waals surface area contributed by atoms with Crippen molar-refractivity contribution in [2.75, 3.05) is 17.6 Å². The lowest BCUT2D eigenvalue weighted by Crippen LogP contribution is -2.23. The minimum atomic E-state index is -3.77. The minimum Gasteiger partial charge on any atom is -0.468 e. The van der Waals surface area contributed by atoms with Crippen LogP contribution in [-0.4, -0.2) is 32.2 Å². The van der Waals surface area contributed by atoms with Gasteiger partial charge in [-0.3, -0.25) is 9.52 Å². The summed E-state index contributed by atoms with van der Waals surface area (Å²) in [6, 6.07) is 2.75. The van der Waals surface area contributed by atoms with E-state index in [4.69, 9.17) is 11.6 Å². The molecule has 0 saturated carbocycles. The van der Waals surface area contributed by atoms with Crippen LogP contribution in [0.2, 0.25) is 5.15 Å². The third-order valence-corrected chi connectivity index (χ3v) is 2.90. The van der Waals surface area contributed by atoms with Gasteiger partial charge >= 0.3 is 5.97 Å². The second-order valence-corrected chi connectivity index (χ2v) is 4.91. The Morgan fingerprint density at radius 2 is 2.31 bits per heavy atom. The molecule has 0 amide bonds. The number of pyridine rings is 1. The van der Waals surface area contributed by atoms with E-state index < -0.39 is 21.7 Å². The first-order chi connectivity index (χ1) is 7.43. The zero-order valence-corrected chi connectivity index (χ0v) is 9.88. The van der Waals surface area contributed by atoms with Gasteiger partial charge in [-0.05, 0) is 12.1 Å². The van der Waals surface area contributed by atoms with Crippen LogP contribution in [0.3, 0.4) is 0 Å². The van der Waals surface area contributed by atoms with Crippen LogP contribution in [0.4, 0.5) is 5.69 Å². The van der Waals surface area contributed by atoms with Gasteiger partial charge in [-0.15, -0.1) is 0 Å². The van der Waals surface area contributed by atoms with Crippen LogP contribution in [0.5, 0.6) is 0 Å². The number of rotatable bonds is 4. The molecule has 1 aromatic heterocycles. The van der Waals surface area contributed by atoms with E-state index >= 15 is 0 Å². The summed E-state index contributed by atoms with van der Waals surface area (Å²) < 4.78 is 29.2. The van der Waals surface area contributed by atoms with Crippen LogP contribution in [0.25, 0.3) is 0 Å². The molecule has 0 aliphatic carbocycles. The Hall–Kier alpha value is -1.34. The number of esters is 1. The van der Waals surface area contributed by atoms with Crippen molar-refractivity contribution in [3.05, 3.63) is 23.5 Å². The molecule has 0 unspecified atom stereocenters. The Bertz CT molecular complexity index is 489. The number of hydrogen-bond acceptors (Lipinski definition) is 5. The summed E-state index contributed by atoms with van der Waals surface area (Å²) >= 11 is 5.57. The van der Waals surface area contributed by atoms with Crippen LogP contribution in [0, 0.1) is 0 Å². The Morgan fingerprint density at radius 1 is 1.62 bits per heavy atom. The highest BCUT2D eigenvalue weighted by molar-refractivity contribution is 7.93. The predicted molar refractivity (Wildman–Crippen MR) is 58.7 cm³/mol. The Morgan fingerprint density at radius 3 is 2.88 bits per heavy atom. The van der Waals surface area contributed by atoms with Crippen molar-refractivity contribution in [1.29, 1.82) is 0 Å². The van der Waals surface area contributed by atoms with Crippen LogP contribution < -0.4 is 4.72 Å². The van der Waals surface area contributed by atoms with Gasteiger partial charge < -0.3 is 4.74 Å². The number of sulfonamides is 1. The Labute approximate surface area is 97.6 Å². The van der Waals surface area contributed by atoms with Crippen molar-refractivity contribution < 1.29 is 17.9 Å². The lowest BCUT2D eigenvalue weighted by molar-refractivity contribution is -0.137. The highest BCUT2D eigenvalue weighted by Gasteiger charge is 2.16. The van der Waals surface area contributed by atoms with Gasteiger partial charge in [0.2, 0.25) is 10.0 Å². The van der Waals surface area contributed by atoms with E-state index in [0.717, 1.165) is 7.11 Å². The van der Waals surface area contributed by atoms with Crippen molar-refractivity contribution in [2.45, 2.75) is 0 Å². The molecule has 0 aliphatic rings. The van der Waals surface area contributed by atoms with Crippen molar-refractivity contribution in [3.8, 4) is 0 Å². The summed E-state index contributed by atoms with van der Waals surface area (Å²) in [5, 5.41) is 0.151. The van der Waals surface area contributed by atoms with Gasteiger partial charge in [-0.25, -0.2) is 13.4 Å². The summed E-state index contributed by atoms with van der Waals surface area (Å²) in [4.78, 5) is 14.5. The van der Waals surface area contributed by atoms with E-state index in [1.807, 2.05) is 0 Å². The number of halogens is 1. The number of nitrogens with zero attached hydrogens (tertiary/aromatic N) is 1. The van der Waals surface area contributed by atoms with Gasteiger partial charge in [-0.1, -0.05) is 11.6 Å². The van der Waals surface area contributed by atoms with E-state index in [0.29, 0.717) is 0 Å². The van der Waals surface area contributed by atoms with Crippen LogP contribution in [-0.2, 0) is 19.6 Å². The summed E-state index contributed by atoms with van der Waals surface area (Å²) in [6.07, 6.45) is 1.35. The average molecular weight is 265 g/mol. The van der Waals surface area contributed by atoms with Gasteiger partial charge in [-0.2, -0.15) is 0 Å². The molecule has 1 aromatic rings. The maximum Gasteiger partial charge on any atom is 0.322 e. The highest BCUT2D eigenvalue weighted by Crippen LogP contribution is 2.13. The molecule has 0 bridgehead atoms. The zero-order chi connectivity index (χ0) is 12.2. The molecular weight excluding hydrogens is 256 g/mol. The smallest absolute Gasteiger partial charge is 0.322 e. The van der Waals surface area contributed by atoms with Gasteiger partial charge in [0.05, 0.1) is 12.8 Å². The first-order valence-electron chi connectivity index (χ1n) is 4.12. The molecule has 0 fully saturated rings. The number of hydrogen-bond donors (Lipinski definition) is 1. The lowest BCUT2D eigenvalue weighted by Gasteiger charge is -2.06. The normalized spacial score (nSPS) is 10.9. The van der Waals surface area contributed by atoms with Crippen molar-refractivity contribution in [1.82, 2.24) is 4.98 Å². The van der Waals surface area contributed by atoms with E-state index in [9.17, 15) is 13.2 Å². The number of methoxy groups -OCH3 is 1. The number of carbonyl (C=O) groups is 1. The minimum absolute atomic E-state index is 0.151. The maximum atomic E-state index is 11.4. The van der Waals surface area contributed by atoms with Gasteiger partial charge in [0.25, 0.3) is 0 Å². The molecule has 88 valence electrons. The maximum absolute atomic E-state index is 11.4. The molecule has 0 radical (unpaired) electrons. The largest absolute Gasteiger partial charge is 0.468 e. The molecule has 1 rings (SSSR count). The molecule has 0 spiro atoms. The number of anilines is 1. The van der Waals surface area contributed by atoms with E-state index in [2.05, 4.69) is 14.4 Å². The Kier molecular flexibility index (Phi) is 4.08. The molecule has 1 heterocycles. The van der Waals surface area contributed by atoms with Gasteiger partial charge in [0, 0.05) is 6.20 Å². The Balaban J connectivity index is 2.77. The third kappa shape index (κ3) is 4.03. The topological polar surface area (TPSA) is 85.4 Å². The second-order valence-electron chi connectivity index (χ2n) is 2.80. The molecule has 8 heteroatoms. The summed E-state index contributed by atoms with van der Waals surface area (Å²) in [5.74, 6) is -1.59. The fraction of sp³-hybridized carbons (Fsp3) is 0.250. The average Bonchev–Trinajstić information content (AvgIpc) is 2.15. The summed E-state index contributed by atoms with van der Waals surface area (Å²) in [7, 11) is -2.66. The molecular formula is C8H9ClN2O4S. The molecule has 0 atom stereocenters. The molecule has 0 saturated heterocycles. The first kappa shape index (κ1) is 12.7. The monoisotopic (exact) mass is 264 g/mol. The first-order valence-corrected chi connectivity index (χ1v) is 6.15. The SMILES string of the molecule is COC(=O)CS(=O)(=O)Nc1ccnc(Cl)c1. The number of ether oxygens (including phenoxy) is 1. The second kappa shape index (κ2) is 5.13. The van der Waals surface area contributed by atoms with Crippen molar-refractivity contribution in [2.24, 2.45) is 0 Å². The number of aromatic nitrogens is 1. The van der Waals surface area contributed by atoms with E-state index in [1.54, 1.807) is 0 Å². The van der Waals surface area contributed by atoms with Crippen LogP contribution >= 0.6 is 11.6 Å². The van der Waals surface area contributed by atoms with Crippen molar-refractivity contribution in [3.63, 3.8) is 0 Å². The van der Waals surface area contributed by atoms with Crippen LogP contribution in [0.15, 0.2) is 18.3 Å². The van der Waals surface area contributed by atoms with Gasteiger partial charge in [0.1, 0.15) is 5.15 Å². The summed E-state index contributed by atoms with van der Waals surface area (Å²) in [5.41, 5.74) is 0.240. The molecule has 6 nitrogen and oxygen atoms in total. The van der Waals surface area contributed by atoms with Crippen molar-refractivity contribution >= 4 is 33.3 Å². The van der Waals surface area contributed by atoms with Crippen LogP contribution in [0.1, 0.15) is 0 Å². The predicted octanol–water partition coefficient (Wildman–Crippen LogP) is 0.650. The van der Waals surface area contributed by atoms with E-state index in [-0.39, 0.29) is 10.8 Å². The molecule has 0 aromatic carbocycles. The van der Waals surface area contributed by atoms with Gasteiger partial charge in [0.15, 0.2) is 5.75 Å². The number of carbonyl (C=O) groups excluding carboxylic acids is 1. The highest BCUT2D eigenvalue weighted by atomic mass is 35.5. The number of nitrogens with one attached hydrogen (secondary N) is 1. The quantitative estimate of drug-likeness (QED) is 0.637. The molecule has 16 heavy (non-hydrogen) atoms. The standard InChI is InChI=1S/C8H9ClN2O4S/c1-15-8(12)5-16(13,14)11-6-2-3-10-7(9)4-6/h2-4H,5H2,1H3,(H,10,11). The van der Waals surface area contributed by atoms with E-state index in [1.165, 1.54) is 18.3 Å².